The summed E-state index contributed by atoms with van der Waals surface area (Å²) >= 11 is 0. The van der Waals surface area contributed by atoms with Crippen molar-refractivity contribution in [2.45, 2.75) is 57.8 Å². The Hall–Kier alpha value is -0.0800. The average Bonchev–Trinajstić information content (AvgIpc) is 2.45. The molecule has 1 heterocycles. The molecule has 2 rings (SSSR count). The monoisotopic (exact) mass is 251 g/mol. The lowest BCUT2D eigenvalue weighted by Gasteiger charge is -2.26. The molecule has 0 aromatic carbocycles. The summed E-state index contributed by atoms with van der Waals surface area (Å²) in [4.78, 5) is 2.63. The molecule has 18 heavy (non-hydrogen) atoms. The van der Waals surface area contributed by atoms with Crippen LogP contribution in [0.3, 0.4) is 0 Å². The first-order valence-corrected chi connectivity index (χ1v) is 8.20. The Bertz CT molecular complexity index is 171. The quantitative estimate of drug-likeness (QED) is 0.699. The first-order chi connectivity index (χ1) is 8.95. The number of nitrogens with zero attached hydrogens (tertiary/aromatic N) is 1. The van der Waals surface area contributed by atoms with E-state index in [0.29, 0.717) is 0 Å². The highest BCUT2D eigenvalue weighted by molar-refractivity contribution is 4.76. The molecule has 1 radical (unpaired) electrons. The Morgan fingerprint density at radius 3 is 2.56 bits per heavy atom. The lowest BCUT2D eigenvalue weighted by molar-refractivity contribution is 0.248. The van der Waals surface area contributed by atoms with Crippen molar-refractivity contribution in [3.05, 3.63) is 6.42 Å². The minimum absolute atomic E-state index is 0.983. The summed E-state index contributed by atoms with van der Waals surface area (Å²) in [5, 5.41) is 3.67. The van der Waals surface area contributed by atoms with E-state index >= 15 is 0 Å². The Kier molecular flexibility index (Phi) is 7.11. The third kappa shape index (κ3) is 5.71. The van der Waals surface area contributed by atoms with Gasteiger partial charge in [0.05, 0.1) is 0 Å². The van der Waals surface area contributed by atoms with Crippen LogP contribution in [-0.2, 0) is 0 Å². The topological polar surface area (TPSA) is 15.3 Å². The second-order valence-corrected chi connectivity index (χ2v) is 6.12. The lowest BCUT2D eigenvalue weighted by atomic mass is 9.89. The highest BCUT2D eigenvalue weighted by Crippen LogP contribution is 2.22. The van der Waals surface area contributed by atoms with Crippen LogP contribution in [0.25, 0.3) is 0 Å². The second kappa shape index (κ2) is 8.92. The van der Waals surface area contributed by atoms with Crippen LogP contribution in [0.1, 0.15) is 57.8 Å². The van der Waals surface area contributed by atoms with Gasteiger partial charge in [0, 0.05) is 0 Å². The molecular weight excluding hydrogens is 220 g/mol. The van der Waals surface area contributed by atoms with Crippen molar-refractivity contribution in [1.29, 1.82) is 0 Å². The molecule has 0 spiro atoms. The third-order valence-electron chi connectivity index (χ3n) is 4.53. The van der Waals surface area contributed by atoms with E-state index in [0.717, 1.165) is 5.92 Å². The zero-order valence-corrected chi connectivity index (χ0v) is 12.0. The summed E-state index contributed by atoms with van der Waals surface area (Å²) in [6.07, 6.45) is 15.1. The van der Waals surface area contributed by atoms with Crippen molar-refractivity contribution in [3.8, 4) is 0 Å². The van der Waals surface area contributed by atoms with Gasteiger partial charge in [-0.15, -0.1) is 0 Å². The van der Waals surface area contributed by atoms with Crippen molar-refractivity contribution in [2.24, 2.45) is 5.92 Å². The molecular formula is C16H31N2. The van der Waals surface area contributed by atoms with Gasteiger partial charge in [-0.25, -0.2) is 0 Å². The van der Waals surface area contributed by atoms with Crippen LogP contribution in [0.4, 0.5) is 0 Å². The van der Waals surface area contributed by atoms with Crippen molar-refractivity contribution < 1.29 is 0 Å². The fraction of sp³-hybridized carbons (Fsp3) is 0.938. The molecule has 1 saturated heterocycles. The van der Waals surface area contributed by atoms with Crippen LogP contribution >= 0.6 is 0 Å². The van der Waals surface area contributed by atoms with E-state index in [4.69, 9.17) is 0 Å². The van der Waals surface area contributed by atoms with Gasteiger partial charge in [0.1, 0.15) is 0 Å². The summed E-state index contributed by atoms with van der Waals surface area (Å²) in [7, 11) is 0. The van der Waals surface area contributed by atoms with Crippen LogP contribution in [0.15, 0.2) is 0 Å². The first-order valence-electron chi connectivity index (χ1n) is 8.20. The SMILES string of the molecule is [CH]1CCN(CCCCNCC2CCCCC2)CC1. The highest BCUT2D eigenvalue weighted by atomic mass is 15.1. The minimum Gasteiger partial charge on any atom is -0.316 e. The number of unbranched alkanes of at least 4 members (excludes halogenated alkanes) is 1. The fourth-order valence-electron chi connectivity index (χ4n) is 3.31. The van der Waals surface area contributed by atoms with Gasteiger partial charge in [0.2, 0.25) is 0 Å². The highest BCUT2D eigenvalue weighted by Gasteiger charge is 2.12. The van der Waals surface area contributed by atoms with Gasteiger partial charge in [-0.05, 0) is 83.6 Å². The summed E-state index contributed by atoms with van der Waals surface area (Å²) in [6, 6.07) is 0. The van der Waals surface area contributed by atoms with Gasteiger partial charge in [0.15, 0.2) is 0 Å². The largest absolute Gasteiger partial charge is 0.316 e. The molecule has 0 bridgehead atoms. The molecule has 0 aromatic rings. The molecule has 2 nitrogen and oxygen atoms in total. The van der Waals surface area contributed by atoms with E-state index in [2.05, 4.69) is 16.6 Å². The van der Waals surface area contributed by atoms with Crippen LogP contribution in [0.5, 0.6) is 0 Å². The molecule has 1 N–H and O–H groups in total. The standard InChI is InChI=1S/C16H31N2/c1-3-9-16(10-4-1)15-17-11-5-8-14-18-12-6-2-7-13-18/h2,16-17H,1,3-15H2. The maximum absolute atomic E-state index is 3.67. The molecule has 1 aliphatic carbocycles. The fourth-order valence-corrected chi connectivity index (χ4v) is 3.31. The molecule has 1 saturated carbocycles. The van der Waals surface area contributed by atoms with Gasteiger partial charge >= 0.3 is 0 Å². The molecule has 0 atom stereocenters. The summed E-state index contributed by atoms with van der Waals surface area (Å²) in [5.41, 5.74) is 0. The van der Waals surface area contributed by atoms with E-state index < -0.39 is 0 Å². The number of piperidine rings is 1. The number of likely N-dealkylation sites (tertiary alicyclic amines) is 1. The summed E-state index contributed by atoms with van der Waals surface area (Å²) in [5.74, 6) is 0.983. The van der Waals surface area contributed by atoms with Gasteiger partial charge in [-0.3, -0.25) is 0 Å². The van der Waals surface area contributed by atoms with E-state index in [-0.39, 0.29) is 0 Å². The molecule has 1 aliphatic heterocycles. The molecule has 105 valence electrons. The normalized spacial score (nSPS) is 23.3. The Morgan fingerprint density at radius 2 is 1.78 bits per heavy atom. The number of nitrogens with one attached hydrogen (secondary N) is 1. The Labute approximate surface area is 114 Å². The van der Waals surface area contributed by atoms with Gasteiger partial charge in [0.25, 0.3) is 0 Å². The van der Waals surface area contributed by atoms with Crippen LogP contribution in [0.2, 0.25) is 0 Å². The molecule has 0 amide bonds. The zero-order chi connectivity index (χ0) is 12.5. The Balaban J connectivity index is 1.39. The van der Waals surface area contributed by atoms with Crippen molar-refractivity contribution in [2.75, 3.05) is 32.7 Å². The minimum atomic E-state index is 0.983. The van der Waals surface area contributed by atoms with E-state index in [1.807, 2.05) is 0 Å². The third-order valence-corrected chi connectivity index (χ3v) is 4.53. The van der Waals surface area contributed by atoms with Crippen molar-refractivity contribution >= 4 is 0 Å². The molecule has 2 fully saturated rings. The predicted octanol–water partition coefficient (Wildman–Crippen LogP) is 3.24. The van der Waals surface area contributed by atoms with E-state index in [1.165, 1.54) is 90.5 Å². The van der Waals surface area contributed by atoms with Crippen LogP contribution < -0.4 is 5.32 Å². The molecule has 2 heteroatoms. The summed E-state index contributed by atoms with van der Waals surface area (Å²) < 4.78 is 0. The molecule has 0 aromatic heterocycles. The van der Waals surface area contributed by atoms with Crippen molar-refractivity contribution in [3.63, 3.8) is 0 Å². The zero-order valence-electron chi connectivity index (χ0n) is 12.0. The van der Waals surface area contributed by atoms with E-state index in [1.54, 1.807) is 0 Å². The molecule has 2 aliphatic rings. The maximum atomic E-state index is 3.67. The maximum Gasteiger partial charge on any atom is -0.00160 e. The lowest BCUT2D eigenvalue weighted by Crippen LogP contribution is -2.31. The average molecular weight is 251 g/mol. The summed E-state index contributed by atoms with van der Waals surface area (Å²) in [6.45, 7) is 6.43. The Morgan fingerprint density at radius 1 is 1.00 bits per heavy atom. The number of hydrogen-bond acceptors (Lipinski definition) is 2. The van der Waals surface area contributed by atoms with Crippen LogP contribution in [-0.4, -0.2) is 37.6 Å². The van der Waals surface area contributed by atoms with Crippen LogP contribution in [0, 0.1) is 12.3 Å². The van der Waals surface area contributed by atoms with E-state index in [9.17, 15) is 0 Å². The molecule has 0 unspecified atom stereocenters. The predicted molar refractivity (Wildman–Crippen MR) is 78.7 cm³/mol. The van der Waals surface area contributed by atoms with Gasteiger partial charge < -0.3 is 10.2 Å². The first kappa shape index (κ1) is 14.3. The van der Waals surface area contributed by atoms with Gasteiger partial charge in [-0.1, -0.05) is 19.3 Å². The van der Waals surface area contributed by atoms with Gasteiger partial charge in [-0.2, -0.15) is 0 Å². The second-order valence-electron chi connectivity index (χ2n) is 6.12. The van der Waals surface area contributed by atoms with Crippen molar-refractivity contribution in [1.82, 2.24) is 10.2 Å². The number of hydrogen-bond donors (Lipinski definition) is 1. The number of rotatable bonds is 7. The smallest absolute Gasteiger partial charge is 0.00160 e.